The molecule has 0 saturated heterocycles. The fraction of sp³-hybridized carbons (Fsp3) is 0.333. The SMILES string of the molecule is C.COCCOc1cc(N)c2[nH]c(C3=NCC(CC(N)=O)S3)cc2c1.O.O.Sc1cccs1. The molecule has 12 heteroatoms. The van der Waals surface area contributed by atoms with E-state index in [0.717, 1.165) is 25.8 Å². The Morgan fingerprint density at radius 3 is 2.64 bits per heavy atom. The summed E-state index contributed by atoms with van der Waals surface area (Å²) < 4.78 is 11.7. The number of H-pyrrole nitrogens is 1. The average Bonchev–Trinajstić information content (AvgIpc) is 3.43. The lowest BCUT2D eigenvalue weighted by molar-refractivity contribution is -0.117. The molecule has 0 aliphatic carbocycles. The molecule has 0 saturated carbocycles. The average molecular weight is 517 g/mol. The number of ether oxygens (including phenoxy) is 2. The molecule has 1 unspecified atom stereocenters. The number of hydrogen-bond donors (Lipinski definition) is 4. The van der Waals surface area contributed by atoms with Gasteiger partial charge >= 0.3 is 0 Å². The lowest BCUT2D eigenvalue weighted by Crippen LogP contribution is -2.18. The third-order valence-electron chi connectivity index (χ3n) is 4.17. The van der Waals surface area contributed by atoms with Crippen LogP contribution in [0.3, 0.4) is 0 Å². The van der Waals surface area contributed by atoms with Crippen molar-refractivity contribution < 1.29 is 25.2 Å². The largest absolute Gasteiger partial charge is 0.491 e. The highest BCUT2D eigenvalue weighted by atomic mass is 32.2. The minimum absolute atomic E-state index is 0. The van der Waals surface area contributed by atoms with Crippen molar-refractivity contribution in [1.82, 2.24) is 4.98 Å². The standard InChI is InChI=1S/C16H20N4O3S.C4H4S2.CH4.2H2O/c1-22-2-3-23-10-4-9-5-13(20-15(9)12(17)6-10)16-19-8-11(24-16)7-14(18)21;5-4-2-1-3-6-4;;;/h4-6,11,20H,2-3,7-8,17H2,1H3,(H2,18,21);1-3,5H;1H4;2*1H2. The van der Waals surface area contributed by atoms with Crippen molar-refractivity contribution in [3.8, 4) is 5.75 Å². The van der Waals surface area contributed by atoms with Crippen LogP contribution in [0.25, 0.3) is 10.9 Å². The van der Waals surface area contributed by atoms with E-state index in [9.17, 15) is 4.79 Å². The first-order valence-corrected chi connectivity index (χ1v) is 11.4. The van der Waals surface area contributed by atoms with Gasteiger partial charge < -0.3 is 36.9 Å². The number of aromatic nitrogens is 1. The maximum atomic E-state index is 11.0. The number of primary amides is 1. The fourth-order valence-electron chi connectivity index (χ4n) is 2.85. The summed E-state index contributed by atoms with van der Waals surface area (Å²) in [6, 6.07) is 9.66. The Bertz CT molecular complexity index is 1020. The predicted molar refractivity (Wildman–Crippen MR) is 142 cm³/mol. The van der Waals surface area contributed by atoms with E-state index in [1.165, 1.54) is 0 Å². The van der Waals surface area contributed by atoms with Crippen LogP contribution in [0, 0.1) is 0 Å². The molecule has 1 aliphatic rings. The summed E-state index contributed by atoms with van der Waals surface area (Å²) in [5, 5.41) is 3.94. The zero-order valence-electron chi connectivity index (χ0n) is 17.5. The number of carbonyl (C=O) groups is 1. The van der Waals surface area contributed by atoms with Crippen LogP contribution in [-0.2, 0) is 9.53 Å². The Balaban J connectivity index is 0.000000996. The van der Waals surface area contributed by atoms with E-state index in [4.69, 9.17) is 20.9 Å². The van der Waals surface area contributed by atoms with Crippen LogP contribution in [0.1, 0.15) is 19.5 Å². The number of nitrogens with two attached hydrogens (primary N) is 2. The lowest BCUT2D eigenvalue weighted by Gasteiger charge is -2.06. The van der Waals surface area contributed by atoms with Gasteiger partial charge in [0.25, 0.3) is 0 Å². The van der Waals surface area contributed by atoms with Crippen molar-refractivity contribution in [1.29, 1.82) is 0 Å². The number of thioether (sulfide) groups is 1. The molecule has 184 valence electrons. The summed E-state index contributed by atoms with van der Waals surface area (Å²) in [7, 11) is 1.63. The Kier molecular flexibility index (Phi) is 13.8. The number of aromatic amines is 1. The second kappa shape index (κ2) is 14.8. The van der Waals surface area contributed by atoms with Gasteiger partial charge in [-0.2, -0.15) is 0 Å². The number of aliphatic imine (C=N–C) groups is 1. The monoisotopic (exact) mass is 516 g/mol. The number of thiol groups is 1. The summed E-state index contributed by atoms with van der Waals surface area (Å²) >= 11 is 7.26. The Morgan fingerprint density at radius 2 is 2.06 bits per heavy atom. The highest BCUT2D eigenvalue weighted by Crippen LogP contribution is 2.32. The maximum absolute atomic E-state index is 11.0. The lowest BCUT2D eigenvalue weighted by atomic mass is 10.2. The van der Waals surface area contributed by atoms with Gasteiger partial charge in [0.2, 0.25) is 5.91 Å². The predicted octanol–water partition coefficient (Wildman–Crippen LogP) is 2.54. The van der Waals surface area contributed by atoms with Gasteiger partial charge in [0.1, 0.15) is 17.4 Å². The first-order valence-electron chi connectivity index (χ1n) is 9.22. The van der Waals surface area contributed by atoms with Gasteiger partial charge in [-0.1, -0.05) is 25.3 Å². The quantitative estimate of drug-likeness (QED) is 0.214. The fourth-order valence-corrected chi connectivity index (χ4v) is 4.67. The molecule has 1 aliphatic heterocycles. The van der Waals surface area contributed by atoms with Gasteiger partial charge in [-0.05, 0) is 23.6 Å². The van der Waals surface area contributed by atoms with E-state index >= 15 is 0 Å². The van der Waals surface area contributed by atoms with E-state index in [-0.39, 0.29) is 29.5 Å². The van der Waals surface area contributed by atoms with Crippen LogP contribution in [0.15, 0.2) is 44.9 Å². The zero-order chi connectivity index (χ0) is 21.5. The van der Waals surface area contributed by atoms with Crippen LogP contribution in [-0.4, -0.2) is 59.0 Å². The second-order valence-electron chi connectivity index (χ2n) is 6.51. The van der Waals surface area contributed by atoms with E-state index in [0.29, 0.717) is 37.6 Å². The molecule has 1 aromatic carbocycles. The highest BCUT2D eigenvalue weighted by Gasteiger charge is 2.23. The first-order chi connectivity index (χ1) is 14.5. The molecule has 1 amide bonds. The third kappa shape index (κ3) is 8.91. The second-order valence-corrected chi connectivity index (χ2v) is 9.53. The van der Waals surface area contributed by atoms with Gasteiger partial charge in [0, 0.05) is 30.2 Å². The number of amides is 1. The number of nitrogen functional groups attached to an aromatic ring is 1. The molecular formula is C21H32N4O5S3. The number of rotatable bonds is 7. The summed E-state index contributed by atoms with van der Waals surface area (Å²) in [5.41, 5.74) is 13.7. The maximum Gasteiger partial charge on any atom is 0.218 e. The van der Waals surface area contributed by atoms with E-state index < -0.39 is 0 Å². The number of anilines is 1. The van der Waals surface area contributed by atoms with Crippen LogP contribution < -0.4 is 16.2 Å². The molecule has 2 aromatic heterocycles. The number of benzene rings is 1. The number of carbonyl (C=O) groups excluding carboxylic acids is 1. The molecular weight excluding hydrogens is 484 g/mol. The van der Waals surface area contributed by atoms with E-state index in [2.05, 4.69) is 22.6 Å². The molecule has 3 aromatic rings. The highest BCUT2D eigenvalue weighted by molar-refractivity contribution is 8.15. The summed E-state index contributed by atoms with van der Waals surface area (Å²) in [6.45, 7) is 1.58. The number of fused-ring (bicyclic) bond motifs is 1. The van der Waals surface area contributed by atoms with Crippen molar-refractivity contribution in [3.63, 3.8) is 0 Å². The molecule has 9 N–H and O–H groups in total. The molecule has 0 radical (unpaired) electrons. The molecule has 0 bridgehead atoms. The van der Waals surface area contributed by atoms with Crippen molar-refractivity contribution in [2.24, 2.45) is 10.7 Å². The number of thiophene rings is 1. The Morgan fingerprint density at radius 1 is 1.30 bits per heavy atom. The Labute approximate surface area is 207 Å². The number of nitrogens with one attached hydrogen (secondary N) is 1. The molecule has 4 rings (SSSR count). The molecule has 33 heavy (non-hydrogen) atoms. The molecule has 9 nitrogen and oxygen atoms in total. The summed E-state index contributed by atoms with van der Waals surface area (Å²) in [5.74, 6) is 0.401. The normalized spacial score (nSPS) is 14.1. The Hall–Kier alpha value is -2.22. The molecule has 1 atom stereocenters. The first kappa shape index (κ1) is 30.8. The number of methoxy groups -OCH3 is 1. The van der Waals surface area contributed by atoms with E-state index in [1.807, 2.05) is 29.6 Å². The van der Waals surface area contributed by atoms with Crippen molar-refractivity contribution in [2.75, 3.05) is 32.6 Å². The minimum Gasteiger partial charge on any atom is -0.491 e. The van der Waals surface area contributed by atoms with Crippen LogP contribution in [0.2, 0.25) is 0 Å². The van der Waals surface area contributed by atoms with Crippen LogP contribution in [0.5, 0.6) is 5.75 Å². The van der Waals surface area contributed by atoms with Gasteiger partial charge in [-0.3, -0.25) is 9.79 Å². The number of hydrogen-bond acceptors (Lipinski definition) is 8. The van der Waals surface area contributed by atoms with Gasteiger partial charge in [-0.25, -0.2) is 0 Å². The van der Waals surface area contributed by atoms with Gasteiger partial charge in [0.15, 0.2) is 0 Å². The van der Waals surface area contributed by atoms with Crippen molar-refractivity contribution >= 4 is 63.3 Å². The molecule has 0 spiro atoms. The smallest absolute Gasteiger partial charge is 0.218 e. The van der Waals surface area contributed by atoms with Crippen molar-refractivity contribution in [2.45, 2.75) is 23.3 Å². The van der Waals surface area contributed by atoms with Gasteiger partial charge in [-0.15, -0.1) is 24.0 Å². The third-order valence-corrected chi connectivity index (χ3v) is 6.53. The summed E-state index contributed by atoms with van der Waals surface area (Å²) in [4.78, 5) is 18.8. The minimum atomic E-state index is -0.303. The number of nitrogens with zero attached hydrogens (tertiary/aromatic N) is 1. The molecule has 0 fully saturated rings. The topological polar surface area (TPSA) is 179 Å². The summed E-state index contributed by atoms with van der Waals surface area (Å²) in [6.07, 6.45) is 0.331. The molecule has 3 heterocycles. The van der Waals surface area contributed by atoms with E-state index in [1.54, 1.807) is 36.3 Å². The van der Waals surface area contributed by atoms with Crippen molar-refractivity contribution in [3.05, 3.63) is 41.4 Å². The van der Waals surface area contributed by atoms with Crippen LogP contribution in [0.4, 0.5) is 5.69 Å². The van der Waals surface area contributed by atoms with Crippen LogP contribution >= 0.6 is 35.7 Å². The van der Waals surface area contributed by atoms with Gasteiger partial charge in [0.05, 0.1) is 34.3 Å². The zero-order valence-corrected chi connectivity index (χ0v) is 20.0.